The Kier molecular flexibility index (Phi) is 5.07. The molecule has 1 aliphatic rings. The van der Waals surface area contributed by atoms with Gasteiger partial charge in [0.25, 0.3) is 0 Å². The average Bonchev–Trinajstić information content (AvgIpc) is 2.97. The standard InChI is InChI=1S/C16H23N3O/c17-15(14-8-4-1-5-12(14)11-20)9-10-16(18)19-13-6-2-3-7-13/h1,4-5,8-10,13,19-20H,2-3,6-7,11,17-18H2/b15-9-,16-10+. The summed E-state index contributed by atoms with van der Waals surface area (Å²) in [5.41, 5.74) is 14.3. The van der Waals surface area contributed by atoms with E-state index in [2.05, 4.69) is 5.32 Å². The molecule has 0 amide bonds. The first kappa shape index (κ1) is 14.5. The first-order valence-electron chi connectivity index (χ1n) is 7.09. The largest absolute Gasteiger partial charge is 0.398 e. The molecule has 1 aromatic carbocycles. The molecule has 0 spiro atoms. The number of aliphatic hydroxyl groups is 1. The number of aliphatic hydroxyl groups excluding tert-OH is 1. The number of nitrogens with two attached hydrogens (primary N) is 2. The highest BCUT2D eigenvalue weighted by molar-refractivity contribution is 5.66. The molecular weight excluding hydrogens is 250 g/mol. The second kappa shape index (κ2) is 7.01. The molecule has 20 heavy (non-hydrogen) atoms. The highest BCUT2D eigenvalue weighted by atomic mass is 16.3. The predicted molar refractivity (Wildman–Crippen MR) is 82.2 cm³/mol. The van der Waals surface area contributed by atoms with Crippen molar-refractivity contribution in [1.82, 2.24) is 5.32 Å². The van der Waals surface area contributed by atoms with Crippen LogP contribution in [0, 0.1) is 0 Å². The maximum atomic E-state index is 9.30. The van der Waals surface area contributed by atoms with Crippen molar-refractivity contribution in [2.45, 2.75) is 38.3 Å². The summed E-state index contributed by atoms with van der Waals surface area (Å²) < 4.78 is 0. The van der Waals surface area contributed by atoms with E-state index in [9.17, 15) is 5.11 Å². The molecule has 0 aliphatic heterocycles. The summed E-state index contributed by atoms with van der Waals surface area (Å²) in [6.07, 6.45) is 8.48. The van der Waals surface area contributed by atoms with Gasteiger partial charge in [0.2, 0.25) is 0 Å². The Labute approximate surface area is 120 Å². The van der Waals surface area contributed by atoms with Gasteiger partial charge in [0.05, 0.1) is 12.4 Å². The van der Waals surface area contributed by atoms with Crippen LogP contribution in [-0.4, -0.2) is 11.1 Å². The third-order valence-corrected chi connectivity index (χ3v) is 3.67. The van der Waals surface area contributed by atoms with Crippen LogP contribution in [0.15, 0.2) is 42.2 Å². The quantitative estimate of drug-likeness (QED) is 0.616. The zero-order chi connectivity index (χ0) is 14.4. The van der Waals surface area contributed by atoms with Crippen molar-refractivity contribution in [2.75, 3.05) is 0 Å². The van der Waals surface area contributed by atoms with Crippen LogP contribution in [-0.2, 0) is 6.61 Å². The minimum atomic E-state index is -0.0236. The van der Waals surface area contributed by atoms with Crippen molar-refractivity contribution < 1.29 is 5.11 Å². The molecule has 2 rings (SSSR count). The Morgan fingerprint density at radius 3 is 2.60 bits per heavy atom. The molecule has 6 N–H and O–H groups in total. The third kappa shape index (κ3) is 3.78. The van der Waals surface area contributed by atoms with Crippen LogP contribution in [0.2, 0.25) is 0 Å². The molecule has 1 fully saturated rings. The van der Waals surface area contributed by atoms with E-state index in [0.29, 0.717) is 17.6 Å². The summed E-state index contributed by atoms with van der Waals surface area (Å²) in [4.78, 5) is 0. The predicted octanol–water partition coefficient (Wildman–Crippen LogP) is 1.81. The van der Waals surface area contributed by atoms with Gasteiger partial charge in [-0.05, 0) is 30.6 Å². The van der Waals surface area contributed by atoms with Crippen LogP contribution in [0.5, 0.6) is 0 Å². The monoisotopic (exact) mass is 273 g/mol. The maximum Gasteiger partial charge on any atom is 0.0962 e. The number of allylic oxidation sites excluding steroid dienone is 2. The first-order chi connectivity index (χ1) is 9.70. The fourth-order valence-electron chi connectivity index (χ4n) is 2.56. The topological polar surface area (TPSA) is 84.3 Å². The minimum absolute atomic E-state index is 0.0236. The van der Waals surface area contributed by atoms with Gasteiger partial charge in [-0.3, -0.25) is 0 Å². The van der Waals surface area contributed by atoms with Crippen molar-refractivity contribution in [3.8, 4) is 0 Å². The van der Waals surface area contributed by atoms with Crippen LogP contribution in [0.25, 0.3) is 5.70 Å². The van der Waals surface area contributed by atoms with Gasteiger partial charge in [-0.2, -0.15) is 0 Å². The summed E-state index contributed by atoms with van der Waals surface area (Å²) in [7, 11) is 0. The number of hydrogen-bond donors (Lipinski definition) is 4. The van der Waals surface area contributed by atoms with Gasteiger partial charge < -0.3 is 21.9 Å². The lowest BCUT2D eigenvalue weighted by Crippen LogP contribution is -2.29. The van der Waals surface area contributed by atoms with Crippen molar-refractivity contribution in [3.05, 3.63) is 53.4 Å². The van der Waals surface area contributed by atoms with Gasteiger partial charge in [0, 0.05) is 17.3 Å². The molecular formula is C16H23N3O. The van der Waals surface area contributed by atoms with E-state index in [1.807, 2.05) is 24.3 Å². The third-order valence-electron chi connectivity index (χ3n) is 3.67. The van der Waals surface area contributed by atoms with Crippen LogP contribution < -0.4 is 16.8 Å². The van der Waals surface area contributed by atoms with E-state index in [1.165, 1.54) is 25.7 Å². The lowest BCUT2D eigenvalue weighted by Gasteiger charge is -2.13. The number of benzene rings is 1. The highest BCUT2D eigenvalue weighted by Gasteiger charge is 2.14. The lowest BCUT2D eigenvalue weighted by molar-refractivity contribution is 0.281. The Morgan fingerprint density at radius 1 is 1.20 bits per heavy atom. The molecule has 4 heteroatoms. The van der Waals surface area contributed by atoms with Gasteiger partial charge in [0.1, 0.15) is 0 Å². The van der Waals surface area contributed by atoms with Crippen molar-refractivity contribution in [3.63, 3.8) is 0 Å². The molecule has 4 nitrogen and oxygen atoms in total. The molecule has 1 saturated carbocycles. The molecule has 1 aliphatic carbocycles. The SMILES string of the molecule is N/C(=C\C=C(/N)NC1CCCC1)c1ccccc1CO. The fourth-order valence-corrected chi connectivity index (χ4v) is 2.56. The maximum absolute atomic E-state index is 9.30. The molecule has 0 saturated heterocycles. The van der Waals surface area contributed by atoms with Gasteiger partial charge >= 0.3 is 0 Å². The summed E-state index contributed by atoms with van der Waals surface area (Å²) in [5, 5.41) is 12.6. The number of nitrogens with one attached hydrogen (secondary N) is 1. The lowest BCUT2D eigenvalue weighted by atomic mass is 10.1. The number of hydrogen-bond acceptors (Lipinski definition) is 4. The zero-order valence-electron chi connectivity index (χ0n) is 11.7. The smallest absolute Gasteiger partial charge is 0.0962 e. The zero-order valence-corrected chi connectivity index (χ0v) is 11.7. The summed E-state index contributed by atoms with van der Waals surface area (Å²) in [6, 6.07) is 8.03. The van der Waals surface area contributed by atoms with Crippen molar-refractivity contribution in [2.24, 2.45) is 11.5 Å². The second-order valence-electron chi connectivity index (χ2n) is 5.18. The van der Waals surface area contributed by atoms with Crippen LogP contribution in [0.4, 0.5) is 0 Å². The Morgan fingerprint density at radius 2 is 1.90 bits per heavy atom. The Hall–Kier alpha value is -1.94. The van der Waals surface area contributed by atoms with Crippen LogP contribution in [0.1, 0.15) is 36.8 Å². The van der Waals surface area contributed by atoms with Crippen LogP contribution in [0.3, 0.4) is 0 Å². The average molecular weight is 273 g/mol. The summed E-state index contributed by atoms with van der Waals surface area (Å²) in [5.74, 6) is 0.640. The van der Waals surface area contributed by atoms with E-state index in [0.717, 1.165) is 11.1 Å². The normalized spacial score (nSPS) is 17.4. The highest BCUT2D eigenvalue weighted by Crippen LogP contribution is 2.18. The number of rotatable bonds is 5. The molecule has 108 valence electrons. The fraction of sp³-hybridized carbons (Fsp3) is 0.375. The van der Waals surface area contributed by atoms with Gasteiger partial charge in [-0.15, -0.1) is 0 Å². The van der Waals surface area contributed by atoms with Crippen molar-refractivity contribution in [1.29, 1.82) is 0 Å². The van der Waals surface area contributed by atoms with Gasteiger partial charge in [0.15, 0.2) is 0 Å². The van der Waals surface area contributed by atoms with Gasteiger partial charge in [-0.1, -0.05) is 37.1 Å². The van der Waals surface area contributed by atoms with E-state index >= 15 is 0 Å². The molecule has 1 aromatic rings. The van der Waals surface area contributed by atoms with E-state index in [1.54, 1.807) is 12.2 Å². The second-order valence-corrected chi connectivity index (χ2v) is 5.18. The van der Waals surface area contributed by atoms with Crippen LogP contribution >= 0.6 is 0 Å². The molecule has 0 atom stereocenters. The van der Waals surface area contributed by atoms with E-state index in [-0.39, 0.29) is 6.61 Å². The van der Waals surface area contributed by atoms with Gasteiger partial charge in [-0.25, -0.2) is 0 Å². The summed E-state index contributed by atoms with van der Waals surface area (Å²) in [6.45, 7) is -0.0236. The molecule has 0 unspecified atom stereocenters. The summed E-state index contributed by atoms with van der Waals surface area (Å²) >= 11 is 0. The molecule has 0 radical (unpaired) electrons. The Balaban J connectivity index is 2.05. The van der Waals surface area contributed by atoms with E-state index in [4.69, 9.17) is 11.5 Å². The molecule has 0 heterocycles. The Bertz CT molecular complexity index is 502. The molecule has 0 bridgehead atoms. The van der Waals surface area contributed by atoms with Crippen molar-refractivity contribution >= 4 is 5.70 Å². The first-order valence-corrected chi connectivity index (χ1v) is 7.09. The molecule has 0 aromatic heterocycles. The van der Waals surface area contributed by atoms with E-state index < -0.39 is 0 Å². The minimum Gasteiger partial charge on any atom is -0.398 e.